The van der Waals surface area contributed by atoms with Crippen LogP contribution >= 0.6 is 0 Å². The number of hydrogen-bond donors (Lipinski definition) is 3. The fourth-order valence-corrected chi connectivity index (χ4v) is 2.86. The standard InChI is InChI=1S/C16H24N2O2/c1-2-16(9-6-10-17-12-16)15(20)18-14(11-19)13-7-4-3-5-8-13/h3-5,7-8,14,17,19H,2,6,9-12H2,1H3,(H,18,20)/t14-,16?/m0/s1. The molecule has 0 spiro atoms. The number of carbonyl (C=O) groups excluding carboxylic acids is 1. The number of hydrogen-bond acceptors (Lipinski definition) is 3. The first-order valence-corrected chi connectivity index (χ1v) is 7.39. The molecule has 1 aromatic rings. The summed E-state index contributed by atoms with van der Waals surface area (Å²) in [5.41, 5.74) is 0.610. The molecule has 3 N–H and O–H groups in total. The zero-order valence-corrected chi connectivity index (χ0v) is 12.1. The summed E-state index contributed by atoms with van der Waals surface area (Å²) in [5, 5.41) is 15.9. The number of benzene rings is 1. The summed E-state index contributed by atoms with van der Waals surface area (Å²) in [6.45, 7) is 3.69. The highest BCUT2D eigenvalue weighted by Crippen LogP contribution is 2.31. The summed E-state index contributed by atoms with van der Waals surface area (Å²) >= 11 is 0. The number of aliphatic hydroxyl groups is 1. The van der Waals surface area contributed by atoms with Gasteiger partial charge >= 0.3 is 0 Å². The van der Waals surface area contributed by atoms with E-state index in [2.05, 4.69) is 17.6 Å². The number of carbonyl (C=O) groups is 1. The van der Waals surface area contributed by atoms with Crippen LogP contribution in [-0.2, 0) is 4.79 Å². The van der Waals surface area contributed by atoms with Crippen LogP contribution in [-0.4, -0.2) is 30.7 Å². The van der Waals surface area contributed by atoms with E-state index >= 15 is 0 Å². The molecule has 1 heterocycles. The van der Waals surface area contributed by atoms with Crippen LogP contribution in [0.4, 0.5) is 0 Å². The normalized spacial score (nSPS) is 24.1. The lowest BCUT2D eigenvalue weighted by Crippen LogP contribution is -2.51. The van der Waals surface area contributed by atoms with Gasteiger partial charge in [-0.1, -0.05) is 37.3 Å². The van der Waals surface area contributed by atoms with Crippen molar-refractivity contribution in [1.82, 2.24) is 10.6 Å². The summed E-state index contributed by atoms with van der Waals surface area (Å²) in [7, 11) is 0. The second kappa shape index (κ2) is 6.86. The van der Waals surface area contributed by atoms with Crippen molar-refractivity contribution in [2.75, 3.05) is 19.7 Å². The van der Waals surface area contributed by atoms with E-state index in [0.717, 1.165) is 37.9 Å². The van der Waals surface area contributed by atoms with Gasteiger partial charge in [0.15, 0.2) is 0 Å². The maximum Gasteiger partial charge on any atom is 0.228 e. The maximum absolute atomic E-state index is 12.6. The van der Waals surface area contributed by atoms with Crippen LogP contribution in [0.5, 0.6) is 0 Å². The van der Waals surface area contributed by atoms with Gasteiger partial charge in [-0.05, 0) is 31.4 Å². The van der Waals surface area contributed by atoms with Gasteiger partial charge in [-0.25, -0.2) is 0 Å². The van der Waals surface area contributed by atoms with E-state index < -0.39 is 0 Å². The molecule has 20 heavy (non-hydrogen) atoms. The van der Waals surface area contributed by atoms with E-state index in [0.29, 0.717) is 0 Å². The molecule has 1 fully saturated rings. The first-order valence-electron chi connectivity index (χ1n) is 7.39. The van der Waals surface area contributed by atoms with Gasteiger partial charge in [-0.3, -0.25) is 4.79 Å². The summed E-state index contributed by atoms with van der Waals surface area (Å²) in [5.74, 6) is 0.0510. The van der Waals surface area contributed by atoms with Gasteiger partial charge in [-0.15, -0.1) is 0 Å². The molecule has 0 radical (unpaired) electrons. The molecule has 0 bridgehead atoms. The van der Waals surface area contributed by atoms with Crippen molar-refractivity contribution in [3.63, 3.8) is 0 Å². The Balaban J connectivity index is 2.08. The minimum absolute atomic E-state index is 0.0510. The molecular weight excluding hydrogens is 252 g/mol. The minimum atomic E-state index is -0.333. The number of amides is 1. The Labute approximate surface area is 120 Å². The van der Waals surface area contributed by atoms with Crippen LogP contribution < -0.4 is 10.6 Å². The fraction of sp³-hybridized carbons (Fsp3) is 0.562. The molecule has 2 atom stereocenters. The number of piperidine rings is 1. The van der Waals surface area contributed by atoms with Crippen molar-refractivity contribution in [2.24, 2.45) is 5.41 Å². The molecule has 1 aliphatic heterocycles. The molecule has 1 saturated heterocycles. The van der Waals surface area contributed by atoms with Gasteiger partial charge in [0.05, 0.1) is 18.1 Å². The quantitative estimate of drug-likeness (QED) is 0.766. The molecule has 1 aromatic carbocycles. The number of nitrogens with one attached hydrogen (secondary N) is 2. The van der Waals surface area contributed by atoms with Crippen molar-refractivity contribution in [2.45, 2.75) is 32.2 Å². The molecule has 4 nitrogen and oxygen atoms in total. The summed E-state index contributed by atoms with van der Waals surface area (Å²) in [6, 6.07) is 9.30. The molecule has 0 aromatic heterocycles. The van der Waals surface area contributed by atoms with E-state index in [1.54, 1.807) is 0 Å². The van der Waals surface area contributed by atoms with Crippen LogP contribution in [0.2, 0.25) is 0 Å². The summed E-state index contributed by atoms with van der Waals surface area (Å²) < 4.78 is 0. The predicted octanol–water partition coefficient (Wildman–Crippen LogP) is 1.62. The van der Waals surface area contributed by atoms with Crippen molar-refractivity contribution < 1.29 is 9.90 Å². The average molecular weight is 276 g/mol. The summed E-state index contributed by atoms with van der Waals surface area (Å²) in [4.78, 5) is 12.6. The number of rotatable bonds is 5. The van der Waals surface area contributed by atoms with Gasteiger partial charge in [0.2, 0.25) is 5.91 Å². The van der Waals surface area contributed by atoms with E-state index in [4.69, 9.17) is 0 Å². The molecule has 2 rings (SSSR count). The predicted molar refractivity (Wildman–Crippen MR) is 79.2 cm³/mol. The second-order valence-electron chi connectivity index (χ2n) is 5.53. The molecule has 1 amide bonds. The van der Waals surface area contributed by atoms with Crippen LogP contribution in [0.25, 0.3) is 0 Å². The highest BCUT2D eigenvalue weighted by Gasteiger charge is 2.38. The second-order valence-corrected chi connectivity index (χ2v) is 5.53. The Bertz CT molecular complexity index is 427. The van der Waals surface area contributed by atoms with Crippen LogP contribution in [0.1, 0.15) is 37.8 Å². The smallest absolute Gasteiger partial charge is 0.228 e. The van der Waals surface area contributed by atoms with E-state index in [1.165, 1.54) is 0 Å². The van der Waals surface area contributed by atoms with E-state index in [9.17, 15) is 9.90 Å². The van der Waals surface area contributed by atoms with E-state index in [-0.39, 0.29) is 24.0 Å². The third-order valence-electron chi connectivity index (χ3n) is 4.32. The Morgan fingerprint density at radius 3 is 2.75 bits per heavy atom. The largest absolute Gasteiger partial charge is 0.394 e. The van der Waals surface area contributed by atoms with Crippen LogP contribution in [0.15, 0.2) is 30.3 Å². The monoisotopic (exact) mass is 276 g/mol. The van der Waals surface area contributed by atoms with Gasteiger partial charge in [0.1, 0.15) is 0 Å². The Morgan fingerprint density at radius 2 is 2.20 bits per heavy atom. The van der Waals surface area contributed by atoms with Crippen molar-refractivity contribution >= 4 is 5.91 Å². The molecule has 110 valence electrons. The van der Waals surface area contributed by atoms with E-state index in [1.807, 2.05) is 30.3 Å². The van der Waals surface area contributed by atoms with Crippen LogP contribution in [0.3, 0.4) is 0 Å². The average Bonchev–Trinajstić information content (AvgIpc) is 2.53. The zero-order valence-electron chi connectivity index (χ0n) is 12.1. The fourth-order valence-electron chi connectivity index (χ4n) is 2.86. The Kier molecular flexibility index (Phi) is 5.15. The Morgan fingerprint density at radius 1 is 1.45 bits per heavy atom. The maximum atomic E-state index is 12.6. The van der Waals surface area contributed by atoms with Crippen LogP contribution in [0, 0.1) is 5.41 Å². The summed E-state index contributed by atoms with van der Waals surface area (Å²) in [6.07, 6.45) is 2.75. The Hall–Kier alpha value is -1.39. The topological polar surface area (TPSA) is 61.4 Å². The molecular formula is C16H24N2O2. The first-order chi connectivity index (χ1) is 9.72. The lowest BCUT2D eigenvalue weighted by Gasteiger charge is -2.36. The lowest BCUT2D eigenvalue weighted by atomic mass is 9.77. The van der Waals surface area contributed by atoms with Crippen molar-refractivity contribution in [3.05, 3.63) is 35.9 Å². The molecule has 4 heteroatoms. The molecule has 0 saturated carbocycles. The van der Waals surface area contributed by atoms with Crippen molar-refractivity contribution in [3.8, 4) is 0 Å². The third kappa shape index (κ3) is 3.19. The highest BCUT2D eigenvalue weighted by molar-refractivity contribution is 5.83. The minimum Gasteiger partial charge on any atom is -0.394 e. The molecule has 1 unspecified atom stereocenters. The van der Waals surface area contributed by atoms with Gasteiger partial charge in [0, 0.05) is 6.54 Å². The third-order valence-corrected chi connectivity index (χ3v) is 4.32. The zero-order chi connectivity index (χ0) is 14.4. The lowest BCUT2D eigenvalue weighted by molar-refractivity contribution is -0.133. The van der Waals surface area contributed by atoms with Crippen molar-refractivity contribution in [1.29, 1.82) is 0 Å². The molecule has 0 aliphatic carbocycles. The molecule has 1 aliphatic rings. The number of aliphatic hydroxyl groups excluding tert-OH is 1. The van der Waals surface area contributed by atoms with Gasteiger partial charge in [0.25, 0.3) is 0 Å². The first kappa shape index (κ1) is 15.0. The highest BCUT2D eigenvalue weighted by atomic mass is 16.3. The SMILES string of the molecule is CCC1(C(=O)N[C@@H](CO)c2ccccc2)CCCNC1. The van der Waals surface area contributed by atoms with Gasteiger partial charge in [-0.2, -0.15) is 0 Å². The van der Waals surface area contributed by atoms with Gasteiger partial charge < -0.3 is 15.7 Å².